The van der Waals surface area contributed by atoms with Crippen LogP contribution in [0.15, 0.2) is 0 Å². The van der Waals surface area contributed by atoms with Crippen molar-refractivity contribution in [1.82, 2.24) is 9.62 Å². The molecule has 1 atom stereocenters. The first-order valence-electron chi connectivity index (χ1n) is 4.39. The Morgan fingerprint density at radius 3 is 2.50 bits per heavy atom. The first kappa shape index (κ1) is 13.4. The summed E-state index contributed by atoms with van der Waals surface area (Å²) in [6, 6.07) is 1.49. The molecule has 0 saturated carbocycles. The second-order valence-corrected chi connectivity index (χ2v) is 5.28. The maximum absolute atomic E-state index is 11.1. The molecule has 5 nitrogen and oxygen atoms in total. The summed E-state index contributed by atoms with van der Waals surface area (Å²) in [7, 11) is 0.446. The van der Waals surface area contributed by atoms with Crippen LogP contribution in [0.4, 0.5) is 0 Å². The SMILES string of the molecule is CC(CCN(C)C)NS(=O)(=O)CC#N. The van der Waals surface area contributed by atoms with Crippen LogP contribution in [0.3, 0.4) is 0 Å². The lowest BCUT2D eigenvalue weighted by Crippen LogP contribution is -2.35. The molecule has 0 spiro atoms. The van der Waals surface area contributed by atoms with Gasteiger partial charge in [0.15, 0.2) is 5.75 Å². The maximum atomic E-state index is 11.1. The fraction of sp³-hybridized carbons (Fsp3) is 0.875. The highest BCUT2D eigenvalue weighted by molar-refractivity contribution is 7.89. The van der Waals surface area contributed by atoms with Gasteiger partial charge in [0.1, 0.15) is 0 Å². The summed E-state index contributed by atoms with van der Waals surface area (Å²) < 4.78 is 24.7. The predicted molar refractivity (Wildman–Crippen MR) is 55.2 cm³/mol. The van der Waals surface area contributed by atoms with Crippen LogP contribution in [0.2, 0.25) is 0 Å². The summed E-state index contributed by atoms with van der Waals surface area (Å²) in [6.45, 7) is 2.61. The van der Waals surface area contributed by atoms with E-state index in [1.807, 2.05) is 19.0 Å². The Bertz CT molecular complexity index is 292. The molecule has 0 heterocycles. The molecule has 0 aliphatic carbocycles. The highest BCUT2D eigenvalue weighted by atomic mass is 32.2. The van der Waals surface area contributed by atoms with Gasteiger partial charge in [0.25, 0.3) is 0 Å². The quantitative estimate of drug-likeness (QED) is 0.669. The lowest BCUT2D eigenvalue weighted by Gasteiger charge is -2.15. The van der Waals surface area contributed by atoms with Crippen molar-refractivity contribution < 1.29 is 8.42 Å². The van der Waals surface area contributed by atoms with Crippen LogP contribution in [0.5, 0.6) is 0 Å². The molecule has 82 valence electrons. The molecule has 0 amide bonds. The molecule has 0 aliphatic heterocycles. The third-order valence-electron chi connectivity index (χ3n) is 1.64. The Kier molecular flexibility index (Phi) is 5.69. The second kappa shape index (κ2) is 5.96. The monoisotopic (exact) mass is 219 g/mol. The Balaban J connectivity index is 3.95. The van der Waals surface area contributed by atoms with Crippen LogP contribution in [0.1, 0.15) is 13.3 Å². The van der Waals surface area contributed by atoms with E-state index in [1.54, 1.807) is 13.0 Å². The van der Waals surface area contributed by atoms with Crippen LogP contribution in [0.25, 0.3) is 0 Å². The predicted octanol–water partition coefficient (Wildman–Crippen LogP) is -0.230. The number of nitrogens with zero attached hydrogens (tertiary/aromatic N) is 2. The van der Waals surface area contributed by atoms with Crippen molar-refractivity contribution in [2.75, 3.05) is 26.4 Å². The van der Waals surface area contributed by atoms with Gasteiger partial charge in [-0.2, -0.15) is 5.26 Å². The number of nitrogens with one attached hydrogen (secondary N) is 1. The smallest absolute Gasteiger partial charge is 0.225 e. The largest absolute Gasteiger partial charge is 0.309 e. The van der Waals surface area contributed by atoms with Gasteiger partial charge >= 0.3 is 0 Å². The molecule has 0 bridgehead atoms. The standard InChI is InChI=1S/C8H17N3O2S/c1-8(4-6-11(2)3)10-14(12,13)7-5-9/h8,10H,4,6-7H2,1-3H3. The van der Waals surface area contributed by atoms with E-state index < -0.39 is 15.8 Å². The number of nitriles is 1. The van der Waals surface area contributed by atoms with E-state index in [9.17, 15) is 8.42 Å². The summed E-state index contributed by atoms with van der Waals surface area (Å²) in [5.41, 5.74) is 0. The van der Waals surface area contributed by atoms with E-state index in [1.165, 1.54) is 0 Å². The van der Waals surface area contributed by atoms with Crippen LogP contribution in [0, 0.1) is 11.3 Å². The first-order chi connectivity index (χ1) is 6.37. The van der Waals surface area contributed by atoms with Gasteiger partial charge in [0.2, 0.25) is 10.0 Å². The molecular weight excluding hydrogens is 202 g/mol. The average molecular weight is 219 g/mol. The molecule has 0 saturated heterocycles. The normalized spacial score (nSPS) is 13.9. The fourth-order valence-corrected chi connectivity index (χ4v) is 1.93. The zero-order chi connectivity index (χ0) is 11.2. The summed E-state index contributed by atoms with van der Waals surface area (Å²) in [6.07, 6.45) is 0.734. The molecule has 1 unspecified atom stereocenters. The van der Waals surface area contributed by atoms with Gasteiger partial charge in [0, 0.05) is 6.04 Å². The van der Waals surface area contributed by atoms with Crippen LogP contribution in [-0.2, 0) is 10.0 Å². The molecule has 0 aliphatic rings. The molecule has 0 aromatic carbocycles. The molecule has 1 N–H and O–H groups in total. The zero-order valence-corrected chi connectivity index (χ0v) is 9.63. The molecule has 0 aromatic heterocycles. The van der Waals surface area contributed by atoms with Crippen molar-refractivity contribution in [2.24, 2.45) is 0 Å². The van der Waals surface area contributed by atoms with Crippen molar-refractivity contribution in [3.63, 3.8) is 0 Å². The average Bonchev–Trinajstić information content (AvgIpc) is 1.99. The Morgan fingerprint density at radius 1 is 1.50 bits per heavy atom. The number of hydrogen-bond donors (Lipinski definition) is 1. The second-order valence-electron chi connectivity index (χ2n) is 3.53. The van der Waals surface area contributed by atoms with Crippen LogP contribution < -0.4 is 4.72 Å². The van der Waals surface area contributed by atoms with Gasteiger partial charge < -0.3 is 4.90 Å². The summed E-state index contributed by atoms with van der Waals surface area (Å²) in [4.78, 5) is 1.98. The van der Waals surface area contributed by atoms with Crippen molar-refractivity contribution in [3.05, 3.63) is 0 Å². The molecule has 0 fully saturated rings. The van der Waals surface area contributed by atoms with Crippen molar-refractivity contribution >= 4 is 10.0 Å². The van der Waals surface area contributed by atoms with Crippen molar-refractivity contribution in [1.29, 1.82) is 5.26 Å². The van der Waals surface area contributed by atoms with E-state index in [0.29, 0.717) is 0 Å². The zero-order valence-electron chi connectivity index (χ0n) is 8.82. The lowest BCUT2D eigenvalue weighted by molar-refractivity contribution is 0.379. The molecule has 0 radical (unpaired) electrons. The summed E-state index contributed by atoms with van der Waals surface area (Å²) in [5, 5.41) is 8.26. The fourth-order valence-electron chi connectivity index (χ4n) is 0.944. The molecule has 6 heteroatoms. The Labute approximate surface area is 85.8 Å². The maximum Gasteiger partial charge on any atom is 0.225 e. The Morgan fingerprint density at radius 2 is 2.07 bits per heavy atom. The number of sulfonamides is 1. The molecule has 14 heavy (non-hydrogen) atoms. The van der Waals surface area contributed by atoms with E-state index >= 15 is 0 Å². The van der Waals surface area contributed by atoms with Crippen LogP contribution in [-0.4, -0.2) is 45.8 Å². The number of hydrogen-bond acceptors (Lipinski definition) is 4. The van der Waals surface area contributed by atoms with E-state index in [4.69, 9.17) is 5.26 Å². The minimum absolute atomic E-state index is 0.129. The highest BCUT2D eigenvalue weighted by Crippen LogP contribution is 1.95. The van der Waals surface area contributed by atoms with Gasteiger partial charge in [-0.1, -0.05) is 0 Å². The van der Waals surface area contributed by atoms with E-state index in [-0.39, 0.29) is 6.04 Å². The first-order valence-corrected chi connectivity index (χ1v) is 6.04. The van der Waals surface area contributed by atoms with Gasteiger partial charge in [-0.15, -0.1) is 0 Å². The molecular formula is C8H17N3O2S. The van der Waals surface area contributed by atoms with Gasteiger partial charge in [-0.05, 0) is 34.0 Å². The Hall–Kier alpha value is -0.640. The third-order valence-corrected chi connectivity index (χ3v) is 2.92. The minimum Gasteiger partial charge on any atom is -0.309 e. The molecule has 0 rings (SSSR count). The topological polar surface area (TPSA) is 73.2 Å². The van der Waals surface area contributed by atoms with Crippen molar-refractivity contribution in [2.45, 2.75) is 19.4 Å². The highest BCUT2D eigenvalue weighted by Gasteiger charge is 2.13. The van der Waals surface area contributed by atoms with Crippen LogP contribution >= 0.6 is 0 Å². The van der Waals surface area contributed by atoms with Crippen molar-refractivity contribution in [3.8, 4) is 6.07 Å². The summed E-state index contributed by atoms with van der Waals surface area (Å²) in [5.74, 6) is -0.473. The lowest BCUT2D eigenvalue weighted by atomic mass is 10.2. The third kappa shape index (κ3) is 6.83. The van der Waals surface area contributed by atoms with E-state index in [0.717, 1.165) is 13.0 Å². The summed E-state index contributed by atoms with van der Waals surface area (Å²) >= 11 is 0. The van der Waals surface area contributed by atoms with Gasteiger partial charge in [-0.3, -0.25) is 0 Å². The molecule has 0 aromatic rings. The minimum atomic E-state index is -3.41. The number of rotatable bonds is 6. The van der Waals surface area contributed by atoms with Gasteiger partial charge in [0.05, 0.1) is 6.07 Å². The van der Waals surface area contributed by atoms with Gasteiger partial charge in [-0.25, -0.2) is 13.1 Å². The van der Waals surface area contributed by atoms with E-state index in [2.05, 4.69) is 4.72 Å².